The molecule has 1 nitrogen and oxygen atoms in total. The number of fused-ring (bicyclic) bond motifs is 1. The Morgan fingerprint density at radius 3 is 2.68 bits per heavy atom. The van der Waals surface area contributed by atoms with Gasteiger partial charge in [0.2, 0.25) is 0 Å². The van der Waals surface area contributed by atoms with Crippen molar-refractivity contribution in [2.75, 3.05) is 6.54 Å². The molecule has 1 aromatic heterocycles. The largest absolute Gasteiger partial charge is 0.313 e. The van der Waals surface area contributed by atoms with Crippen molar-refractivity contribution in [2.24, 2.45) is 0 Å². The average molecular weight is 275 g/mol. The van der Waals surface area contributed by atoms with Crippen LogP contribution < -0.4 is 5.32 Å². The summed E-state index contributed by atoms with van der Waals surface area (Å²) >= 11 is 1.85. The molecule has 0 unspecified atom stereocenters. The number of rotatable bonds is 9. The lowest BCUT2D eigenvalue weighted by molar-refractivity contribution is 0.573. The summed E-state index contributed by atoms with van der Waals surface area (Å²) < 4.78 is 1.40. The standard InChI is InChI=1S/C17H25NS/c1-2-3-4-5-6-9-12-18-13-15-14-19-17-11-8-7-10-16(15)17/h7-8,10-11,14,18H,2-6,9,12-13H2,1H3. The average Bonchev–Trinajstić information content (AvgIpc) is 2.85. The van der Waals surface area contributed by atoms with Gasteiger partial charge in [-0.3, -0.25) is 0 Å². The first-order valence-corrected chi connectivity index (χ1v) is 8.45. The first-order valence-electron chi connectivity index (χ1n) is 7.57. The summed E-state index contributed by atoms with van der Waals surface area (Å²) in [5.74, 6) is 0. The predicted octanol–water partition coefficient (Wildman–Crippen LogP) is 5.35. The van der Waals surface area contributed by atoms with Crippen LogP contribution in [0.5, 0.6) is 0 Å². The molecule has 2 heteroatoms. The maximum atomic E-state index is 3.58. The van der Waals surface area contributed by atoms with E-state index in [1.165, 1.54) is 54.2 Å². The molecule has 0 spiro atoms. The molecule has 1 aromatic carbocycles. The molecule has 1 heterocycles. The Bertz CT molecular complexity index is 475. The van der Waals surface area contributed by atoms with E-state index in [1.54, 1.807) is 0 Å². The molecule has 0 aliphatic rings. The van der Waals surface area contributed by atoms with Crippen LogP contribution in [0, 0.1) is 0 Å². The zero-order valence-corrected chi connectivity index (χ0v) is 12.8. The highest BCUT2D eigenvalue weighted by atomic mass is 32.1. The molecule has 0 aliphatic heterocycles. The summed E-state index contributed by atoms with van der Waals surface area (Å²) in [6.45, 7) is 4.43. The number of hydrogen-bond acceptors (Lipinski definition) is 2. The molecule has 0 amide bonds. The second kappa shape index (κ2) is 8.34. The third kappa shape index (κ3) is 4.63. The van der Waals surface area contributed by atoms with Crippen molar-refractivity contribution in [3.8, 4) is 0 Å². The van der Waals surface area contributed by atoms with Gasteiger partial charge in [-0.1, -0.05) is 57.2 Å². The molecule has 19 heavy (non-hydrogen) atoms. The topological polar surface area (TPSA) is 12.0 Å². The van der Waals surface area contributed by atoms with Crippen molar-refractivity contribution in [1.82, 2.24) is 5.32 Å². The Hall–Kier alpha value is -0.860. The van der Waals surface area contributed by atoms with Crippen LogP contribution in [-0.4, -0.2) is 6.54 Å². The molecule has 1 N–H and O–H groups in total. The van der Waals surface area contributed by atoms with Gasteiger partial charge in [0.15, 0.2) is 0 Å². The van der Waals surface area contributed by atoms with Crippen LogP contribution in [0.15, 0.2) is 29.6 Å². The summed E-state index contributed by atoms with van der Waals surface area (Å²) in [5, 5.41) is 7.29. The van der Waals surface area contributed by atoms with Gasteiger partial charge < -0.3 is 5.32 Å². The molecule has 0 aliphatic carbocycles. The van der Waals surface area contributed by atoms with E-state index in [2.05, 4.69) is 41.9 Å². The van der Waals surface area contributed by atoms with E-state index in [4.69, 9.17) is 0 Å². The van der Waals surface area contributed by atoms with E-state index in [9.17, 15) is 0 Å². The Morgan fingerprint density at radius 2 is 1.79 bits per heavy atom. The van der Waals surface area contributed by atoms with Crippen LogP contribution >= 0.6 is 11.3 Å². The number of unbranched alkanes of at least 4 members (excludes halogenated alkanes) is 5. The summed E-state index contributed by atoms with van der Waals surface area (Å²) in [6, 6.07) is 8.68. The maximum absolute atomic E-state index is 3.58. The Labute approximate surface area is 121 Å². The molecule has 0 saturated heterocycles. The highest BCUT2D eigenvalue weighted by Crippen LogP contribution is 2.25. The molecule has 0 radical (unpaired) electrons. The predicted molar refractivity (Wildman–Crippen MR) is 86.9 cm³/mol. The minimum atomic E-state index is 1.01. The molecular formula is C17H25NS. The molecule has 0 saturated carbocycles. The lowest BCUT2D eigenvalue weighted by Gasteiger charge is -2.04. The van der Waals surface area contributed by atoms with Crippen molar-refractivity contribution in [3.63, 3.8) is 0 Å². The monoisotopic (exact) mass is 275 g/mol. The van der Waals surface area contributed by atoms with Crippen LogP contribution in [0.25, 0.3) is 10.1 Å². The molecule has 2 rings (SSSR count). The zero-order chi connectivity index (χ0) is 13.3. The Balaban J connectivity index is 1.63. The lowest BCUT2D eigenvalue weighted by atomic mass is 10.1. The second-order valence-corrected chi connectivity index (χ2v) is 6.11. The van der Waals surface area contributed by atoms with E-state index < -0.39 is 0 Å². The van der Waals surface area contributed by atoms with Gasteiger partial charge >= 0.3 is 0 Å². The fraction of sp³-hybridized carbons (Fsp3) is 0.529. The fourth-order valence-corrected chi connectivity index (χ4v) is 3.39. The van der Waals surface area contributed by atoms with Gasteiger partial charge in [0, 0.05) is 11.2 Å². The van der Waals surface area contributed by atoms with Crippen LogP contribution in [0.3, 0.4) is 0 Å². The van der Waals surface area contributed by atoms with E-state index in [1.807, 2.05) is 11.3 Å². The smallest absolute Gasteiger partial charge is 0.0346 e. The number of hydrogen-bond donors (Lipinski definition) is 1. The molecule has 2 aromatic rings. The molecule has 0 fully saturated rings. The Morgan fingerprint density at radius 1 is 1.00 bits per heavy atom. The van der Waals surface area contributed by atoms with Gasteiger partial charge in [0.1, 0.15) is 0 Å². The van der Waals surface area contributed by atoms with E-state index in [0.717, 1.165) is 13.1 Å². The van der Waals surface area contributed by atoms with Gasteiger partial charge in [-0.15, -0.1) is 11.3 Å². The molecular weight excluding hydrogens is 250 g/mol. The quantitative estimate of drug-likeness (QED) is 0.608. The highest BCUT2D eigenvalue weighted by molar-refractivity contribution is 7.17. The summed E-state index contributed by atoms with van der Waals surface area (Å²) in [7, 11) is 0. The number of benzene rings is 1. The van der Waals surface area contributed by atoms with Crippen LogP contribution in [0.2, 0.25) is 0 Å². The second-order valence-electron chi connectivity index (χ2n) is 5.20. The summed E-state index contributed by atoms with van der Waals surface area (Å²) in [4.78, 5) is 0. The van der Waals surface area contributed by atoms with Gasteiger partial charge in [-0.25, -0.2) is 0 Å². The summed E-state index contributed by atoms with van der Waals surface area (Å²) in [6.07, 6.45) is 8.23. The third-order valence-electron chi connectivity index (χ3n) is 3.58. The van der Waals surface area contributed by atoms with Crippen molar-refractivity contribution in [1.29, 1.82) is 0 Å². The van der Waals surface area contributed by atoms with Gasteiger partial charge in [-0.05, 0) is 35.4 Å². The Kier molecular flexibility index (Phi) is 6.38. The van der Waals surface area contributed by atoms with Gasteiger partial charge in [0.25, 0.3) is 0 Å². The third-order valence-corrected chi connectivity index (χ3v) is 4.60. The SMILES string of the molecule is CCCCCCCCNCc1csc2ccccc12. The zero-order valence-electron chi connectivity index (χ0n) is 12.0. The van der Waals surface area contributed by atoms with E-state index in [0.29, 0.717) is 0 Å². The van der Waals surface area contributed by atoms with Crippen LogP contribution in [-0.2, 0) is 6.54 Å². The van der Waals surface area contributed by atoms with Gasteiger partial charge in [-0.2, -0.15) is 0 Å². The fourth-order valence-electron chi connectivity index (χ4n) is 2.42. The van der Waals surface area contributed by atoms with Crippen LogP contribution in [0.1, 0.15) is 51.0 Å². The molecule has 104 valence electrons. The minimum absolute atomic E-state index is 1.01. The summed E-state index contributed by atoms with van der Waals surface area (Å²) in [5.41, 5.74) is 1.45. The van der Waals surface area contributed by atoms with E-state index in [-0.39, 0.29) is 0 Å². The van der Waals surface area contributed by atoms with Crippen molar-refractivity contribution in [3.05, 3.63) is 35.2 Å². The first kappa shape index (κ1) is 14.5. The van der Waals surface area contributed by atoms with Crippen molar-refractivity contribution in [2.45, 2.75) is 52.0 Å². The van der Waals surface area contributed by atoms with E-state index >= 15 is 0 Å². The highest BCUT2D eigenvalue weighted by Gasteiger charge is 2.02. The molecule has 0 atom stereocenters. The van der Waals surface area contributed by atoms with Crippen molar-refractivity contribution < 1.29 is 0 Å². The number of nitrogens with one attached hydrogen (secondary N) is 1. The lowest BCUT2D eigenvalue weighted by Crippen LogP contribution is -2.14. The first-order chi connectivity index (χ1) is 9.42. The maximum Gasteiger partial charge on any atom is 0.0346 e. The van der Waals surface area contributed by atoms with Crippen molar-refractivity contribution >= 4 is 21.4 Å². The van der Waals surface area contributed by atoms with Gasteiger partial charge in [0.05, 0.1) is 0 Å². The number of thiophene rings is 1. The molecule has 0 bridgehead atoms. The normalized spacial score (nSPS) is 11.2. The van der Waals surface area contributed by atoms with Crippen LogP contribution in [0.4, 0.5) is 0 Å². The minimum Gasteiger partial charge on any atom is -0.313 e.